The number of pyridine rings is 1. The molecule has 2 aromatic rings. The summed E-state index contributed by atoms with van der Waals surface area (Å²) in [5.41, 5.74) is 7.80. The Morgan fingerprint density at radius 1 is 1.11 bits per heavy atom. The number of nitrogens with two attached hydrogens (primary N) is 1. The summed E-state index contributed by atoms with van der Waals surface area (Å²) in [4.78, 5) is 4.11. The van der Waals surface area contributed by atoms with Crippen molar-refractivity contribution in [1.29, 1.82) is 0 Å². The number of aryl methyl sites for hydroxylation is 2. The highest BCUT2D eigenvalue weighted by molar-refractivity contribution is 7.92. The van der Waals surface area contributed by atoms with Crippen LogP contribution in [-0.4, -0.2) is 13.4 Å². The summed E-state index contributed by atoms with van der Waals surface area (Å²) in [6, 6.07) is 8.16. The molecule has 1 aromatic carbocycles. The molecule has 0 unspecified atom stereocenters. The van der Waals surface area contributed by atoms with Crippen LogP contribution >= 0.6 is 0 Å². The number of rotatable bonds is 3. The van der Waals surface area contributed by atoms with E-state index in [1.807, 2.05) is 6.92 Å². The predicted octanol–water partition coefficient (Wildman–Crippen LogP) is 2.08. The highest BCUT2D eigenvalue weighted by Gasteiger charge is 2.15. The quantitative estimate of drug-likeness (QED) is 0.841. The van der Waals surface area contributed by atoms with Crippen molar-refractivity contribution in [2.24, 2.45) is 0 Å². The van der Waals surface area contributed by atoms with Crippen LogP contribution in [-0.2, 0) is 10.0 Å². The van der Waals surface area contributed by atoms with E-state index >= 15 is 0 Å². The summed E-state index contributed by atoms with van der Waals surface area (Å²) >= 11 is 0. The molecule has 3 N–H and O–H groups in total. The second-order valence-electron chi connectivity index (χ2n) is 4.40. The average molecular weight is 277 g/mol. The number of nitrogens with one attached hydrogen (secondary N) is 1. The van der Waals surface area contributed by atoms with Gasteiger partial charge in [-0.3, -0.25) is 4.72 Å². The third kappa shape index (κ3) is 3.23. The third-order valence-corrected chi connectivity index (χ3v) is 3.87. The summed E-state index contributed by atoms with van der Waals surface area (Å²) in [6.45, 7) is 3.66. The van der Waals surface area contributed by atoms with Crippen LogP contribution in [0.25, 0.3) is 0 Å². The highest BCUT2D eigenvalue weighted by atomic mass is 32.2. The minimum atomic E-state index is -3.67. The highest BCUT2D eigenvalue weighted by Crippen LogP contribution is 2.19. The maximum atomic E-state index is 12.2. The Hall–Kier alpha value is -2.08. The Bertz CT molecular complexity index is 691. The van der Waals surface area contributed by atoms with Crippen LogP contribution in [0.3, 0.4) is 0 Å². The average Bonchev–Trinajstić information content (AvgIpc) is 2.26. The smallest absolute Gasteiger partial charge is 0.263 e. The maximum Gasteiger partial charge on any atom is 0.263 e. The molecule has 0 bridgehead atoms. The van der Waals surface area contributed by atoms with Crippen LogP contribution in [0.5, 0.6) is 0 Å². The molecule has 0 aliphatic rings. The zero-order valence-electron chi connectivity index (χ0n) is 10.7. The van der Waals surface area contributed by atoms with Gasteiger partial charge in [0.25, 0.3) is 10.0 Å². The van der Waals surface area contributed by atoms with Crippen LogP contribution in [0.15, 0.2) is 41.4 Å². The van der Waals surface area contributed by atoms with Crippen molar-refractivity contribution in [1.82, 2.24) is 4.98 Å². The molecule has 1 heterocycles. The lowest BCUT2D eigenvalue weighted by Gasteiger charge is -2.09. The van der Waals surface area contributed by atoms with Crippen molar-refractivity contribution in [3.8, 4) is 0 Å². The SMILES string of the molecule is Cc1cc(N)cc(S(=O)(=O)Nc2cc(C)ccn2)c1. The summed E-state index contributed by atoms with van der Waals surface area (Å²) in [5, 5.41) is 0. The third-order valence-electron chi connectivity index (χ3n) is 2.54. The Kier molecular flexibility index (Phi) is 3.44. The monoisotopic (exact) mass is 277 g/mol. The van der Waals surface area contributed by atoms with Gasteiger partial charge in [-0.05, 0) is 55.3 Å². The summed E-state index contributed by atoms with van der Waals surface area (Å²) in [6.07, 6.45) is 1.55. The molecule has 0 spiro atoms. The summed E-state index contributed by atoms with van der Waals surface area (Å²) in [7, 11) is -3.67. The largest absolute Gasteiger partial charge is 0.399 e. The lowest BCUT2D eigenvalue weighted by atomic mass is 10.2. The molecule has 1 aromatic heterocycles. The van der Waals surface area contributed by atoms with Crippen molar-refractivity contribution in [3.05, 3.63) is 47.7 Å². The number of benzene rings is 1. The van der Waals surface area contributed by atoms with Gasteiger partial charge < -0.3 is 5.73 Å². The van der Waals surface area contributed by atoms with Gasteiger partial charge in [0, 0.05) is 11.9 Å². The van der Waals surface area contributed by atoms with E-state index in [0.29, 0.717) is 11.5 Å². The number of sulfonamides is 1. The number of hydrogen-bond donors (Lipinski definition) is 2. The fourth-order valence-electron chi connectivity index (χ4n) is 1.72. The molecule has 0 aliphatic carbocycles. The normalized spacial score (nSPS) is 11.3. The van der Waals surface area contributed by atoms with E-state index in [-0.39, 0.29) is 4.90 Å². The predicted molar refractivity (Wildman–Crippen MR) is 75.4 cm³/mol. The number of hydrogen-bond acceptors (Lipinski definition) is 4. The molecule has 0 saturated carbocycles. The van der Waals surface area contributed by atoms with E-state index in [2.05, 4.69) is 9.71 Å². The molecular weight excluding hydrogens is 262 g/mol. The molecule has 0 saturated heterocycles. The van der Waals surface area contributed by atoms with Gasteiger partial charge in [0.05, 0.1) is 4.90 Å². The van der Waals surface area contributed by atoms with Gasteiger partial charge in [0.15, 0.2) is 0 Å². The van der Waals surface area contributed by atoms with Crippen molar-refractivity contribution in [2.45, 2.75) is 18.7 Å². The second-order valence-corrected chi connectivity index (χ2v) is 6.09. The lowest BCUT2D eigenvalue weighted by molar-refractivity contribution is 0.601. The Morgan fingerprint density at radius 2 is 1.84 bits per heavy atom. The van der Waals surface area contributed by atoms with Crippen molar-refractivity contribution in [2.75, 3.05) is 10.5 Å². The van der Waals surface area contributed by atoms with Gasteiger partial charge in [-0.25, -0.2) is 13.4 Å². The van der Waals surface area contributed by atoms with Gasteiger partial charge in [-0.2, -0.15) is 0 Å². The molecule has 0 fully saturated rings. The fraction of sp³-hybridized carbons (Fsp3) is 0.154. The van der Waals surface area contributed by atoms with Gasteiger partial charge in [0.2, 0.25) is 0 Å². The van der Waals surface area contributed by atoms with Crippen LogP contribution in [0.1, 0.15) is 11.1 Å². The standard InChI is InChI=1S/C13H15N3O2S/c1-9-3-4-15-13(7-9)16-19(17,18)12-6-10(2)5-11(14)8-12/h3-8H,14H2,1-2H3,(H,15,16). The molecule has 0 radical (unpaired) electrons. The summed E-state index contributed by atoms with van der Waals surface area (Å²) < 4.78 is 26.9. The summed E-state index contributed by atoms with van der Waals surface area (Å²) in [5.74, 6) is 0.292. The fourth-order valence-corrected chi connectivity index (χ4v) is 2.86. The molecule has 0 aliphatic heterocycles. The Morgan fingerprint density at radius 3 is 2.47 bits per heavy atom. The van der Waals surface area contributed by atoms with E-state index in [9.17, 15) is 8.42 Å². The van der Waals surface area contributed by atoms with Crippen molar-refractivity contribution in [3.63, 3.8) is 0 Å². The molecule has 19 heavy (non-hydrogen) atoms. The first-order valence-electron chi connectivity index (χ1n) is 5.69. The van der Waals surface area contributed by atoms with Crippen LogP contribution in [0, 0.1) is 13.8 Å². The Labute approximate surface area is 112 Å². The number of anilines is 2. The van der Waals surface area contributed by atoms with Crippen LogP contribution in [0.4, 0.5) is 11.5 Å². The first kappa shape index (κ1) is 13.4. The number of nitrogens with zero attached hydrogens (tertiary/aromatic N) is 1. The van der Waals surface area contributed by atoms with E-state index < -0.39 is 10.0 Å². The van der Waals surface area contributed by atoms with E-state index in [4.69, 9.17) is 5.73 Å². The maximum absolute atomic E-state index is 12.2. The first-order valence-corrected chi connectivity index (χ1v) is 7.18. The van der Waals surface area contributed by atoms with E-state index in [0.717, 1.165) is 11.1 Å². The molecule has 5 nitrogen and oxygen atoms in total. The van der Waals surface area contributed by atoms with Crippen molar-refractivity contribution >= 4 is 21.5 Å². The van der Waals surface area contributed by atoms with Crippen LogP contribution in [0.2, 0.25) is 0 Å². The molecule has 2 rings (SSSR count). The van der Waals surface area contributed by atoms with Gasteiger partial charge >= 0.3 is 0 Å². The zero-order valence-corrected chi connectivity index (χ0v) is 11.5. The molecule has 0 atom stereocenters. The minimum absolute atomic E-state index is 0.133. The first-order chi connectivity index (χ1) is 8.87. The zero-order chi connectivity index (χ0) is 14.0. The van der Waals surface area contributed by atoms with Gasteiger partial charge in [-0.15, -0.1) is 0 Å². The Balaban J connectivity index is 2.37. The van der Waals surface area contributed by atoms with Crippen molar-refractivity contribution < 1.29 is 8.42 Å². The van der Waals surface area contributed by atoms with Gasteiger partial charge in [-0.1, -0.05) is 0 Å². The molecule has 100 valence electrons. The lowest BCUT2D eigenvalue weighted by Crippen LogP contribution is -2.14. The van der Waals surface area contributed by atoms with E-state index in [1.54, 1.807) is 37.4 Å². The number of aromatic nitrogens is 1. The minimum Gasteiger partial charge on any atom is -0.399 e. The molecule has 0 amide bonds. The van der Waals surface area contributed by atoms with Gasteiger partial charge in [0.1, 0.15) is 5.82 Å². The van der Waals surface area contributed by atoms with E-state index in [1.165, 1.54) is 6.07 Å². The molecular formula is C13H15N3O2S. The second kappa shape index (κ2) is 4.89. The van der Waals surface area contributed by atoms with Crippen LogP contribution < -0.4 is 10.5 Å². The molecule has 6 heteroatoms. The number of nitrogen functional groups attached to an aromatic ring is 1. The topological polar surface area (TPSA) is 85.1 Å².